The molecule has 0 spiro atoms. The van der Waals surface area contributed by atoms with E-state index in [9.17, 15) is 13.2 Å². The second-order valence-electron chi connectivity index (χ2n) is 6.75. The van der Waals surface area contributed by atoms with Crippen LogP contribution < -0.4 is 10.0 Å². The van der Waals surface area contributed by atoms with Gasteiger partial charge in [-0.2, -0.15) is 0 Å². The second-order valence-corrected chi connectivity index (χ2v) is 9.50. The van der Waals surface area contributed by atoms with Gasteiger partial charge in [0, 0.05) is 17.9 Å². The molecule has 10 heteroatoms. The lowest BCUT2D eigenvalue weighted by Crippen LogP contribution is -2.25. The molecule has 2 N–H and O–H groups in total. The summed E-state index contributed by atoms with van der Waals surface area (Å²) in [6, 6.07) is 14.6. The zero-order valence-corrected chi connectivity index (χ0v) is 18.6. The minimum atomic E-state index is -3.42. The average Bonchev–Trinajstić information content (AvgIpc) is 3.21. The molecule has 0 saturated heterocycles. The lowest BCUT2D eigenvalue weighted by molar-refractivity contribution is -0.113. The Morgan fingerprint density at radius 1 is 1.16 bits per heavy atom. The van der Waals surface area contributed by atoms with Gasteiger partial charge in [0.25, 0.3) is 0 Å². The van der Waals surface area contributed by atoms with E-state index in [2.05, 4.69) is 26.8 Å². The third kappa shape index (κ3) is 6.78. The SMILES string of the molecule is C=CCNS(=O)(=O)Cc1ccc(NC(=O)CSc2nncn2-c2ccc(C)cc2)cc1. The number of aryl methyl sites for hydroxylation is 1. The largest absolute Gasteiger partial charge is 0.325 e. The Kier molecular flexibility index (Phi) is 7.61. The molecule has 0 saturated carbocycles. The molecule has 8 nitrogen and oxygen atoms in total. The molecule has 1 aromatic heterocycles. The lowest BCUT2D eigenvalue weighted by Gasteiger charge is -2.08. The van der Waals surface area contributed by atoms with E-state index in [4.69, 9.17) is 0 Å². The van der Waals surface area contributed by atoms with Gasteiger partial charge in [0.15, 0.2) is 5.16 Å². The highest BCUT2D eigenvalue weighted by atomic mass is 32.2. The van der Waals surface area contributed by atoms with Gasteiger partial charge in [-0.1, -0.05) is 47.7 Å². The van der Waals surface area contributed by atoms with Crippen molar-refractivity contribution in [1.82, 2.24) is 19.5 Å². The molecule has 2 aromatic carbocycles. The van der Waals surface area contributed by atoms with Crippen molar-refractivity contribution < 1.29 is 13.2 Å². The Hall–Kier alpha value is -2.95. The summed E-state index contributed by atoms with van der Waals surface area (Å²) in [5.41, 5.74) is 3.29. The van der Waals surface area contributed by atoms with E-state index in [0.29, 0.717) is 16.4 Å². The van der Waals surface area contributed by atoms with Gasteiger partial charge in [-0.25, -0.2) is 13.1 Å². The maximum absolute atomic E-state index is 12.3. The highest BCUT2D eigenvalue weighted by molar-refractivity contribution is 7.99. The number of anilines is 1. The van der Waals surface area contributed by atoms with Crippen molar-refractivity contribution in [3.8, 4) is 5.69 Å². The molecular formula is C21H23N5O3S2. The molecule has 0 aliphatic rings. The number of carbonyl (C=O) groups is 1. The van der Waals surface area contributed by atoms with Crippen LogP contribution in [0.3, 0.4) is 0 Å². The summed E-state index contributed by atoms with van der Waals surface area (Å²) in [5, 5.41) is 11.4. The van der Waals surface area contributed by atoms with Gasteiger partial charge < -0.3 is 5.32 Å². The minimum absolute atomic E-state index is 0.139. The van der Waals surface area contributed by atoms with Gasteiger partial charge in [-0.15, -0.1) is 16.8 Å². The molecule has 0 aliphatic carbocycles. The van der Waals surface area contributed by atoms with E-state index < -0.39 is 10.0 Å². The number of nitrogens with zero attached hydrogens (tertiary/aromatic N) is 3. The third-order valence-electron chi connectivity index (χ3n) is 4.20. The number of carbonyl (C=O) groups excluding carboxylic acids is 1. The highest BCUT2D eigenvalue weighted by Gasteiger charge is 2.12. The van der Waals surface area contributed by atoms with Gasteiger partial charge in [-0.05, 0) is 36.8 Å². The Morgan fingerprint density at radius 2 is 1.87 bits per heavy atom. The van der Waals surface area contributed by atoms with Crippen molar-refractivity contribution in [1.29, 1.82) is 0 Å². The molecule has 3 rings (SSSR count). The fourth-order valence-corrected chi connectivity index (χ4v) is 4.51. The van der Waals surface area contributed by atoms with Crippen molar-refractivity contribution in [3.05, 3.63) is 78.6 Å². The van der Waals surface area contributed by atoms with Crippen LogP contribution in [0.15, 0.2) is 72.7 Å². The summed E-state index contributed by atoms with van der Waals surface area (Å²) in [5.74, 6) is -0.178. The number of thioether (sulfide) groups is 1. The summed E-state index contributed by atoms with van der Waals surface area (Å²) in [7, 11) is -3.42. The number of amides is 1. The van der Waals surface area contributed by atoms with Crippen LogP contribution in [-0.2, 0) is 20.6 Å². The van der Waals surface area contributed by atoms with Crippen molar-refractivity contribution in [2.75, 3.05) is 17.6 Å². The quantitative estimate of drug-likeness (QED) is 0.358. The first-order chi connectivity index (χ1) is 14.9. The van der Waals surface area contributed by atoms with E-state index >= 15 is 0 Å². The molecule has 0 fully saturated rings. The van der Waals surface area contributed by atoms with Gasteiger partial charge in [0.1, 0.15) is 6.33 Å². The molecule has 1 amide bonds. The molecule has 162 valence electrons. The van der Waals surface area contributed by atoms with E-state index in [0.717, 1.165) is 11.3 Å². The molecule has 0 unspecified atom stereocenters. The zero-order chi connectivity index (χ0) is 22.3. The van der Waals surface area contributed by atoms with E-state index in [-0.39, 0.29) is 24.0 Å². The number of nitrogens with one attached hydrogen (secondary N) is 2. The summed E-state index contributed by atoms with van der Waals surface area (Å²) in [6.07, 6.45) is 3.10. The van der Waals surface area contributed by atoms with Crippen LogP contribution in [0, 0.1) is 6.92 Å². The van der Waals surface area contributed by atoms with Crippen molar-refractivity contribution in [3.63, 3.8) is 0 Å². The fraction of sp³-hybridized carbons (Fsp3) is 0.190. The topological polar surface area (TPSA) is 106 Å². The third-order valence-corrected chi connectivity index (χ3v) is 6.47. The van der Waals surface area contributed by atoms with Crippen LogP contribution in [-0.4, -0.2) is 41.4 Å². The summed E-state index contributed by atoms with van der Waals surface area (Å²) < 4.78 is 28.1. The highest BCUT2D eigenvalue weighted by Crippen LogP contribution is 2.20. The van der Waals surface area contributed by atoms with E-state index in [1.165, 1.54) is 17.8 Å². The van der Waals surface area contributed by atoms with E-state index in [1.54, 1.807) is 30.6 Å². The van der Waals surface area contributed by atoms with Crippen molar-refractivity contribution in [2.45, 2.75) is 17.8 Å². The summed E-state index contributed by atoms with van der Waals surface area (Å²) in [4.78, 5) is 12.3. The number of aromatic nitrogens is 3. The van der Waals surface area contributed by atoms with Gasteiger partial charge in [0.05, 0.1) is 11.5 Å². The first-order valence-electron chi connectivity index (χ1n) is 9.43. The number of rotatable bonds is 10. The zero-order valence-electron chi connectivity index (χ0n) is 17.0. The average molecular weight is 458 g/mol. The number of benzene rings is 2. The Morgan fingerprint density at radius 3 is 2.55 bits per heavy atom. The molecular weight excluding hydrogens is 434 g/mol. The maximum Gasteiger partial charge on any atom is 0.234 e. The molecule has 0 radical (unpaired) electrons. The van der Waals surface area contributed by atoms with Crippen LogP contribution >= 0.6 is 11.8 Å². The summed E-state index contributed by atoms with van der Waals surface area (Å²) in [6.45, 7) is 5.69. The molecule has 3 aromatic rings. The lowest BCUT2D eigenvalue weighted by atomic mass is 10.2. The molecule has 1 heterocycles. The van der Waals surface area contributed by atoms with Crippen LogP contribution in [0.5, 0.6) is 0 Å². The molecule has 0 bridgehead atoms. The molecule has 0 aliphatic heterocycles. The molecule has 0 atom stereocenters. The standard InChI is InChI=1S/C21H23N5O3S2/c1-3-12-23-31(28,29)14-17-6-8-18(9-7-17)24-20(27)13-30-21-25-22-15-26(21)19-10-4-16(2)5-11-19/h3-11,15,23H,1,12-14H2,2H3,(H,24,27). The smallest absolute Gasteiger partial charge is 0.234 e. The number of sulfonamides is 1. The van der Waals surface area contributed by atoms with Crippen molar-refractivity contribution >= 4 is 33.4 Å². The Balaban J connectivity index is 1.54. The van der Waals surface area contributed by atoms with Crippen LogP contribution in [0.4, 0.5) is 5.69 Å². The number of hydrogen-bond acceptors (Lipinski definition) is 6. The first-order valence-corrected chi connectivity index (χ1v) is 12.1. The van der Waals surface area contributed by atoms with Crippen LogP contribution in [0.2, 0.25) is 0 Å². The van der Waals surface area contributed by atoms with Gasteiger partial charge in [0.2, 0.25) is 15.9 Å². The van der Waals surface area contributed by atoms with Crippen molar-refractivity contribution in [2.24, 2.45) is 0 Å². The van der Waals surface area contributed by atoms with Gasteiger partial charge in [-0.3, -0.25) is 9.36 Å². The van der Waals surface area contributed by atoms with E-state index in [1.807, 2.05) is 35.8 Å². The predicted molar refractivity (Wildman–Crippen MR) is 123 cm³/mol. The Bertz CT molecular complexity index is 1140. The first kappa shape index (κ1) is 22.7. The van der Waals surface area contributed by atoms with Crippen LogP contribution in [0.25, 0.3) is 5.69 Å². The van der Waals surface area contributed by atoms with Gasteiger partial charge >= 0.3 is 0 Å². The molecule has 31 heavy (non-hydrogen) atoms. The normalized spacial score (nSPS) is 11.3. The monoisotopic (exact) mass is 457 g/mol. The van der Waals surface area contributed by atoms with Crippen LogP contribution in [0.1, 0.15) is 11.1 Å². The summed E-state index contributed by atoms with van der Waals surface area (Å²) >= 11 is 1.28. The Labute approximate surface area is 185 Å². The number of hydrogen-bond donors (Lipinski definition) is 2. The predicted octanol–water partition coefficient (Wildman–Crippen LogP) is 2.91. The maximum atomic E-state index is 12.3. The minimum Gasteiger partial charge on any atom is -0.325 e. The fourth-order valence-electron chi connectivity index (χ4n) is 2.67. The second kappa shape index (κ2) is 10.4.